The van der Waals surface area contributed by atoms with Crippen molar-refractivity contribution in [1.82, 2.24) is 9.71 Å². The van der Waals surface area contributed by atoms with Gasteiger partial charge in [0.15, 0.2) is 0 Å². The number of aliphatic hydroxyl groups excluding tert-OH is 1. The van der Waals surface area contributed by atoms with Crippen molar-refractivity contribution in [1.29, 1.82) is 0 Å². The standard InChI is InChI=1S/C14H19N3O3S/c15-10-2-4-13-12(6-10)14(8-16-13)21(19,20)17-7-9-1-3-11(18)5-9/h2,4,6,8-9,11,16-18H,1,3,5,7,15H2. The molecule has 0 aliphatic heterocycles. The second-order valence-electron chi connectivity index (χ2n) is 5.64. The van der Waals surface area contributed by atoms with Gasteiger partial charge in [0.1, 0.15) is 4.90 Å². The molecule has 2 atom stereocenters. The first kappa shape index (κ1) is 14.4. The van der Waals surface area contributed by atoms with Gasteiger partial charge in [-0.05, 0) is 43.4 Å². The maximum atomic E-state index is 12.4. The van der Waals surface area contributed by atoms with E-state index in [-0.39, 0.29) is 16.9 Å². The van der Waals surface area contributed by atoms with Crippen LogP contribution in [0.1, 0.15) is 19.3 Å². The van der Waals surface area contributed by atoms with Gasteiger partial charge in [-0.2, -0.15) is 0 Å². The molecule has 114 valence electrons. The van der Waals surface area contributed by atoms with Crippen LogP contribution in [0.2, 0.25) is 0 Å². The predicted molar refractivity (Wildman–Crippen MR) is 81.2 cm³/mol. The quantitative estimate of drug-likeness (QED) is 0.636. The van der Waals surface area contributed by atoms with Gasteiger partial charge >= 0.3 is 0 Å². The molecule has 2 unspecified atom stereocenters. The van der Waals surface area contributed by atoms with Gasteiger partial charge in [-0.1, -0.05) is 0 Å². The van der Waals surface area contributed by atoms with Crippen molar-refractivity contribution < 1.29 is 13.5 Å². The molecular weight excluding hydrogens is 290 g/mol. The molecule has 1 aromatic heterocycles. The number of H-pyrrole nitrogens is 1. The largest absolute Gasteiger partial charge is 0.399 e. The first-order chi connectivity index (χ1) is 9.95. The number of aromatic nitrogens is 1. The summed E-state index contributed by atoms with van der Waals surface area (Å²) in [5.41, 5.74) is 6.99. The number of nitrogens with one attached hydrogen (secondary N) is 2. The average molecular weight is 309 g/mol. The maximum absolute atomic E-state index is 12.4. The van der Waals surface area contributed by atoms with E-state index in [1.54, 1.807) is 18.2 Å². The van der Waals surface area contributed by atoms with Gasteiger partial charge in [0, 0.05) is 29.3 Å². The van der Waals surface area contributed by atoms with Crippen molar-refractivity contribution in [2.75, 3.05) is 12.3 Å². The van der Waals surface area contributed by atoms with Crippen molar-refractivity contribution in [3.05, 3.63) is 24.4 Å². The van der Waals surface area contributed by atoms with Crippen molar-refractivity contribution in [3.8, 4) is 0 Å². The molecule has 0 bridgehead atoms. The molecular formula is C14H19N3O3S. The van der Waals surface area contributed by atoms with E-state index >= 15 is 0 Å². The molecule has 0 amide bonds. The Morgan fingerprint density at radius 3 is 2.90 bits per heavy atom. The van der Waals surface area contributed by atoms with E-state index in [2.05, 4.69) is 9.71 Å². The minimum Gasteiger partial charge on any atom is -0.399 e. The Bertz CT molecular complexity index is 754. The highest BCUT2D eigenvalue weighted by Crippen LogP contribution is 2.27. The summed E-state index contributed by atoms with van der Waals surface area (Å²) < 4.78 is 27.5. The van der Waals surface area contributed by atoms with E-state index in [4.69, 9.17) is 5.73 Å². The number of aliphatic hydroxyl groups is 1. The molecule has 0 saturated heterocycles. The number of anilines is 1. The molecule has 1 fully saturated rings. The lowest BCUT2D eigenvalue weighted by atomic mass is 10.1. The normalized spacial score (nSPS) is 22.9. The molecule has 1 aliphatic carbocycles. The number of sulfonamides is 1. The fourth-order valence-corrected chi connectivity index (χ4v) is 4.16. The van der Waals surface area contributed by atoms with Gasteiger partial charge < -0.3 is 15.8 Å². The van der Waals surface area contributed by atoms with Gasteiger partial charge in [0.05, 0.1) is 6.10 Å². The zero-order valence-corrected chi connectivity index (χ0v) is 12.4. The van der Waals surface area contributed by atoms with E-state index < -0.39 is 10.0 Å². The van der Waals surface area contributed by atoms with Crippen LogP contribution in [0.15, 0.2) is 29.3 Å². The van der Waals surface area contributed by atoms with E-state index in [0.29, 0.717) is 24.0 Å². The number of rotatable bonds is 4. The van der Waals surface area contributed by atoms with Crippen LogP contribution in [-0.2, 0) is 10.0 Å². The minimum atomic E-state index is -3.58. The number of nitrogens with two attached hydrogens (primary N) is 1. The van der Waals surface area contributed by atoms with Gasteiger partial charge in [-0.3, -0.25) is 0 Å². The van der Waals surface area contributed by atoms with Crippen molar-refractivity contribution >= 4 is 26.6 Å². The van der Waals surface area contributed by atoms with E-state index in [0.717, 1.165) is 18.4 Å². The molecule has 0 spiro atoms. The second kappa shape index (κ2) is 5.32. The SMILES string of the molecule is Nc1ccc2[nH]cc(S(=O)(=O)NCC3CCC(O)C3)c2c1. The topological polar surface area (TPSA) is 108 Å². The zero-order valence-electron chi connectivity index (χ0n) is 11.5. The molecule has 6 nitrogen and oxygen atoms in total. The van der Waals surface area contributed by atoms with Crippen molar-refractivity contribution in [2.24, 2.45) is 5.92 Å². The second-order valence-corrected chi connectivity index (χ2v) is 7.38. The highest BCUT2D eigenvalue weighted by Gasteiger charge is 2.25. The summed E-state index contributed by atoms with van der Waals surface area (Å²) in [6, 6.07) is 5.14. The van der Waals surface area contributed by atoms with Crippen LogP contribution in [0, 0.1) is 5.92 Å². The number of fused-ring (bicyclic) bond motifs is 1. The molecule has 1 saturated carbocycles. The zero-order chi connectivity index (χ0) is 15.0. The van der Waals surface area contributed by atoms with Gasteiger partial charge in [0.25, 0.3) is 0 Å². The Kier molecular flexibility index (Phi) is 3.64. The van der Waals surface area contributed by atoms with Gasteiger partial charge in [-0.25, -0.2) is 13.1 Å². The van der Waals surface area contributed by atoms with E-state index in [1.807, 2.05) is 0 Å². The Balaban J connectivity index is 1.81. The molecule has 2 aromatic rings. The van der Waals surface area contributed by atoms with Crippen LogP contribution in [0.25, 0.3) is 10.9 Å². The lowest BCUT2D eigenvalue weighted by molar-refractivity contribution is 0.178. The summed E-state index contributed by atoms with van der Waals surface area (Å²) in [6.07, 6.45) is 3.44. The fourth-order valence-electron chi connectivity index (χ4n) is 2.87. The number of hydrogen-bond acceptors (Lipinski definition) is 4. The Labute approximate surface area is 123 Å². The Morgan fingerprint density at radius 2 is 2.19 bits per heavy atom. The van der Waals surface area contributed by atoms with E-state index in [9.17, 15) is 13.5 Å². The molecule has 7 heteroatoms. The van der Waals surface area contributed by atoms with Crippen LogP contribution in [0.4, 0.5) is 5.69 Å². The fraction of sp³-hybridized carbons (Fsp3) is 0.429. The van der Waals surface area contributed by atoms with Crippen molar-refractivity contribution in [3.63, 3.8) is 0 Å². The lowest BCUT2D eigenvalue weighted by Crippen LogP contribution is -2.28. The summed E-state index contributed by atoms with van der Waals surface area (Å²) in [6.45, 7) is 0.356. The minimum absolute atomic E-state index is 0.199. The maximum Gasteiger partial charge on any atom is 0.242 e. The third kappa shape index (κ3) is 2.90. The third-order valence-corrected chi connectivity index (χ3v) is 5.50. The molecule has 5 N–H and O–H groups in total. The van der Waals surface area contributed by atoms with E-state index in [1.165, 1.54) is 6.20 Å². The Hall–Kier alpha value is -1.57. The van der Waals surface area contributed by atoms with Crippen LogP contribution >= 0.6 is 0 Å². The summed E-state index contributed by atoms with van der Waals surface area (Å²) in [5, 5.41) is 10.1. The summed E-state index contributed by atoms with van der Waals surface area (Å²) in [4.78, 5) is 3.15. The molecule has 21 heavy (non-hydrogen) atoms. The highest BCUT2D eigenvalue weighted by atomic mass is 32.2. The highest BCUT2D eigenvalue weighted by molar-refractivity contribution is 7.89. The van der Waals surface area contributed by atoms with Gasteiger partial charge in [-0.15, -0.1) is 0 Å². The van der Waals surface area contributed by atoms with Crippen molar-refractivity contribution in [2.45, 2.75) is 30.3 Å². The Morgan fingerprint density at radius 1 is 1.38 bits per heavy atom. The monoisotopic (exact) mass is 309 g/mol. The first-order valence-corrected chi connectivity index (χ1v) is 8.48. The lowest BCUT2D eigenvalue weighted by Gasteiger charge is -2.11. The molecule has 1 aliphatic rings. The van der Waals surface area contributed by atoms with Crippen LogP contribution in [-0.4, -0.2) is 31.2 Å². The molecule has 1 heterocycles. The summed E-state index contributed by atoms with van der Waals surface area (Å²) in [5.74, 6) is 0.199. The number of aromatic amines is 1. The van der Waals surface area contributed by atoms with Crippen LogP contribution in [0.5, 0.6) is 0 Å². The smallest absolute Gasteiger partial charge is 0.242 e. The third-order valence-electron chi connectivity index (χ3n) is 4.03. The van der Waals surface area contributed by atoms with Gasteiger partial charge in [0.2, 0.25) is 10.0 Å². The number of hydrogen-bond donors (Lipinski definition) is 4. The molecule has 0 radical (unpaired) electrons. The first-order valence-electron chi connectivity index (χ1n) is 7.00. The average Bonchev–Trinajstić information content (AvgIpc) is 3.02. The summed E-state index contributed by atoms with van der Waals surface area (Å²) in [7, 11) is -3.58. The molecule has 1 aromatic carbocycles. The predicted octanol–water partition coefficient (Wildman–Crippen LogP) is 1.19. The number of nitrogen functional groups attached to an aromatic ring is 1. The number of benzene rings is 1. The van der Waals surface area contributed by atoms with Crippen LogP contribution in [0.3, 0.4) is 0 Å². The van der Waals surface area contributed by atoms with Crippen LogP contribution < -0.4 is 10.5 Å². The molecule has 3 rings (SSSR count). The summed E-state index contributed by atoms with van der Waals surface area (Å²) >= 11 is 0.